The highest BCUT2D eigenvalue weighted by Gasteiger charge is 2.29. The Bertz CT molecular complexity index is 1040. The Morgan fingerprint density at radius 3 is 2.41 bits per heavy atom. The maximum Gasteiger partial charge on any atom is 0.256 e. The molecule has 32 heavy (non-hydrogen) atoms. The third-order valence-corrected chi connectivity index (χ3v) is 6.29. The smallest absolute Gasteiger partial charge is 0.256 e. The van der Waals surface area contributed by atoms with Crippen molar-refractivity contribution in [1.82, 2.24) is 9.80 Å². The van der Waals surface area contributed by atoms with Crippen LogP contribution in [0.5, 0.6) is 0 Å². The summed E-state index contributed by atoms with van der Waals surface area (Å²) in [6.45, 7) is 2.96. The number of carbonyl (C=O) groups excluding carboxylic acids is 3. The fourth-order valence-corrected chi connectivity index (χ4v) is 4.40. The second kappa shape index (κ2) is 9.90. The number of benzene rings is 2. The molecule has 0 bridgehead atoms. The summed E-state index contributed by atoms with van der Waals surface area (Å²) in [7, 11) is 0. The van der Waals surface area contributed by atoms with Gasteiger partial charge in [0.15, 0.2) is 0 Å². The second-order valence-corrected chi connectivity index (χ2v) is 8.75. The van der Waals surface area contributed by atoms with Crippen molar-refractivity contribution in [3.63, 3.8) is 0 Å². The molecule has 3 amide bonds. The third kappa shape index (κ3) is 5.06. The molecule has 2 aromatic carbocycles. The number of nitrogens with one attached hydrogen (secondary N) is 1. The molecular weight excluding hydrogens is 451 g/mol. The van der Waals surface area contributed by atoms with E-state index in [2.05, 4.69) is 5.32 Å². The summed E-state index contributed by atoms with van der Waals surface area (Å²) in [4.78, 5) is 43.3. The van der Waals surface area contributed by atoms with E-state index in [1.54, 1.807) is 46.2 Å². The molecule has 0 unspecified atom stereocenters. The van der Waals surface area contributed by atoms with Crippen molar-refractivity contribution >= 4 is 52.3 Å². The van der Waals surface area contributed by atoms with E-state index in [1.807, 2.05) is 11.0 Å². The van der Waals surface area contributed by atoms with E-state index in [1.165, 1.54) is 0 Å². The number of rotatable bonds is 5. The number of hydrogen-bond donors (Lipinski definition) is 1. The quantitative estimate of drug-likeness (QED) is 0.719. The fourth-order valence-electron chi connectivity index (χ4n) is 4.05. The number of anilines is 2. The number of halogens is 2. The number of piperazine rings is 1. The van der Waals surface area contributed by atoms with Crippen molar-refractivity contribution in [2.24, 2.45) is 0 Å². The number of nitrogens with zero attached hydrogens (tertiary/aromatic N) is 3. The van der Waals surface area contributed by atoms with Crippen LogP contribution >= 0.6 is 23.2 Å². The van der Waals surface area contributed by atoms with Crippen LogP contribution in [0, 0.1) is 0 Å². The van der Waals surface area contributed by atoms with Crippen LogP contribution in [0.25, 0.3) is 0 Å². The molecule has 2 fully saturated rings. The van der Waals surface area contributed by atoms with Crippen molar-refractivity contribution in [3.8, 4) is 0 Å². The van der Waals surface area contributed by atoms with Crippen LogP contribution in [0.3, 0.4) is 0 Å². The lowest BCUT2D eigenvalue weighted by molar-refractivity contribution is -0.118. The fraction of sp³-hybridized carbons (Fsp3) is 0.348. The van der Waals surface area contributed by atoms with Gasteiger partial charge in [-0.2, -0.15) is 0 Å². The van der Waals surface area contributed by atoms with Gasteiger partial charge in [-0.1, -0.05) is 35.3 Å². The molecule has 1 N–H and O–H groups in total. The van der Waals surface area contributed by atoms with Crippen molar-refractivity contribution in [2.75, 3.05) is 49.5 Å². The van der Waals surface area contributed by atoms with E-state index in [0.717, 1.165) is 6.42 Å². The van der Waals surface area contributed by atoms with Gasteiger partial charge in [0, 0.05) is 44.2 Å². The first-order valence-electron chi connectivity index (χ1n) is 10.6. The molecule has 0 saturated carbocycles. The average molecular weight is 475 g/mol. The molecule has 0 radical (unpaired) electrons. The van der Waals surface area contributed by atoms with Gasteiger partial charge >= 0.3 is 0 Å². The Morgan fingerprint density at radius 2 is 1.72 bits per heavy atom. The number of carbonyl (C=O) groups is 3. The average Bonchev–Trinajstić information content (AvgIpc) is 3.21. The molecule has 0 atom stereocenters. The summed E-state index contributed by atoms with van der Waals surface area (Å²) in [5, 5.41) is 3.81. The van der Waals surface area contributed by atoms with Crippen LogP contribution in [-0.4, -0.2) is 66.8 Å². The third-order valence-electron chi connectivity index (χ3n) is 5.73. The standard InChI is InChI=1S/C23H24Cl2N4O3/c24-16-7-8-17(20(14-16)29-9-3-6-22(29)31)23(32)28-12-10-27(11-13-28)15-21(30)26-19-5-2-1-4-18(19)25/h1-2,4-5,7-8,14H,3,6,9-13,15H2,(H,26,30). The molecule has 168 valence electrons. The van der Waals surface area contributed by atoms with Gasteiger partial charge in [-0.15, -0.1) is 0 Å². The zero-order valence-corrected chi connectivity index (χ0v) is 19.0. The summed E-state index contributed by atoms with van der Waals surface area (Å²) in [6.07, 6.45) is 1.25. The first-order chi connectivity index (χ1) is 15.4. The molecule has 0 aliphatic carbocycles. The van der Waals surface area contributed by atoms with E-state index in [9.17, 15) is 14.4 Å². The van der Waals surface area contributed by atoms with Crippen molar-refractivity contribution in [1.29, 1.82) is 0 Å². The Kier molecular flexibility index (Phi) is 6.98. The van der Waals surface area contributed by atoms with Gasteiger partial charge in [-0.05, 0) is 36.8 Å². The molecule has 2 aliphatic heterocycles. The molecule has 9 heteroatoms. The lowest BCUT2D eigenvalue weighted by atomic mass is 10.1. The highest BCUT2D eigenvalue weighted by atomic mass is 35.5. The van der Waals surface area contributed by atoms with Gasteiger partial charge in [-0.3, -0.25) is 19.3 Å². The van der Waals surface area contributed by atoms with Crippen LogP contribution in [-0.2, 0) is 9.59 Å². The number of hydrogen-bond acceptors (Lipinski definition) is 4. The predicted molar refractivity (Wildman–Crippen MR) is 125 cm³/mol. The Labute approximate surface area is 196 Å². The molecule has 2 heterocycles. The van der Waals surface area contributed by atoms with Gasteiger partial charge < -0.3 is 15.1 Å². The summed E-state index contributed by atoms with van der Waals surface area (Å²) in [5.74, 6) is -0.266. The Balaban J connectivity index is 1.36. The summed E-state index contributed by atoms with van der Waals surface area (Å²) in [6, 6.07) is 12.1. The Hall–Kier alpha value is -2.61. The SMILES string of the molecule is O=C(CN1CCN(C(=O)c2ccc(Cl)cc2N2CCCC2=O)CC1)Nc1ccccc1Cl. The molecule has 4 rings (SSSR count). The van der Waals surface area contributed by atoms with E-state index in [0.29, 0.717) is 66.1 Å². The summed E-state index contributed by atoms with van der Waals surface area (Å²) in [5.41, 5.74) is 1.64. The molecule has 2 aromatic rings. The maximum atomic E-state index is 13.2. The van der Waals surface area contributed by atoms with Gasteiger partial charge in [0.25, 0.3) is 5.91 Å². The lowest BCUT2D eigenvalue weighted by Gasteiger charge is -2.35. The van der Waals surface area contributed by atoms with Crippen LogP contribution < -0.4 is 10.2 Å². The highest BCUT2D eigenvalue weighted by molar-refractivity contribution is 6.33. The van der Waals surface area contributed by atoms with Crippen molar-refractivity contribution < 1.29 is 14.4 Å². The van der Waals surface area contributed by atoms with Gasteiger partial charge in [0.1, 0.15) is 0 Å². The van der Waals surface area contributed by atoms with Gasteiger partial charge in [0.2, 0.25) is 11.8 Å². The lowest BCUT2D eigenvalue weighted by Crippen LogP contribution is -2.50. The summed E-state index contributed by atoms with van der Waals surface area (Å²) < 4.78 is 0. The van der Waals surface area contributed by atoms with E-state index in [-0.39, 0.29) is 24.3 Å². The minimum Gasteiger partial charge on any atom is -0.336 e. The number of amides is 3. The molecule has 2 aliphatic rings. The van der Waals surface area contributed by atoms with Crippen molar-refractivity contribution in [2.45, 2.75) is 12.8 Å². The zero-order valence-electron chi connectivity index (χ0n) is 17.5. The molecular formula is C23H24Cl2N4O3. The molecule has 7 nitrogen and oxygen atoms in total. The topological polar surface area (TPSA) is 73.0 Å². The van der Waals surface area contributed by atoms with E-state index in [4.69, 9.17) is 23.2 Å². The van der Waals surface area contributed by atoms with Crippen LogP contribution in [0.2, 0.25) is 10.0 Å². The van der Waals surface area contributed by atoms with Crippen LogP contribution in [0.15, 0.2) is 42.5 Å². The molecule has 2 saturated heterocycles. The van der Waals surface area contributed by atoms with Crippen molar-refractivity contribution in [3.05, 3.63) is 58.1 Å². The summed E-state index contributed by atoms with van der Waals surface area (Å²) >= 11 is 12.2. The van der Waals surface area contributed by atoms with Crippen LogP contribution in [0.4, 0.5) is 11.4 Å². The monoisotopic (exact) mass is 474 g/mol. The highest BCUT2D eigenvalue weighted by Crippen LogP contribution is 2.30. The minimum absolute atomic E-state index is 0.00988. The van der Waals surface area contributed by atoms with E-state index < -0.39 is 0 Å². The Morgan fingerprint density at radius 1 is 0.969 bits per heavy atom. The largest absolute Gasteiger partial charge is 0.336 e. The predicted octanol–water partition coefficient (Wildman–Crippen LogP) is 3.52. The van der Waals surface area contributed by atoms with Gasteiger partial charge in [-0.25, -0.2) is 0 Å². The van der Waals surface area contributed by atoms with Gasteiger partial charge in [0.05, 0.1) is 28.5 Å². The molecule has 0 spiro atoms. The minimum atomic E-state index is -0.148. The maximum absolute atomic E-state index is 13.2. The second-order valence-electron chi connectivity index (χ2n) is 7.91. The first kappa shape index (κ1) is 22.6. The normalized spacial score (nSPS) is 17.0. The first-order valence-corrected chi connectivity index (χ1v) is 11.3. The van der Waals surface area contributed by atoms with Crippen LogP contribution in [0.1, 0.15) is 23.2 Å². The molecule has 0 aromatic heterocycles. The zero-order chi connectivity index (χ0) is 22.7. The number of para-hydroxylation sites is 1. The van der Waals surface area contributed by atoms with E-state index >= 15 is 0 Å².